The summed E-state index contributed by atoms with van der Waals surface area (Å²) in [6.07, 6.45) is 3.73. The number of piperidine rings is 1. The summed E-state index contributed by atoms with van der Waals surface area (Å²) < 4.78 is 1.74. The second kappa shape index (κ2) is 7.95. The molecule has 8 heteroatoms. The molecule has 3 rings (SSSR count). The Labute approximate surface area is 148 Å². The Hall–Kier alpha value is -1.37. The van der Waals surface area contributed by atoms with E-state index in [4.69, 9.17) is 0 Å². The van der Waals surface area contributed by atoms with Crippen molar-refractivity contribution in [1.29, 1.82) is 0 Å². The first-order chi connectivity index (χ1) is 10.1. The zero-order valence-corrected chi connectivity index (χ0v) is 15.1. The maximum Gasteiger partial charge on any atom is 0.253 e. The van der Waals surface area contributed by atoms with Crippen LogP contribution in [0.3, 0.4) is 0 Å². The third kappa shape index (κ3) is 3.94. The molecule has 1 fully saturated rings. The predicted octanol–water partition coefficient (Wildman–Crippen LogP) is 1.99. The van der Waals surface area contributed by atoms with Crippen molar-refractivity contribution in [1.82, 2.24) is 25.4 Å². The van der Waals surface area contributed by atoms with Crippen LogP contribution in [-0.4, -0.2) is 39.3 Å². The maximum atomic E-state index is 12.4. The lowest BCUT2D eigenvalue weighted by molar-refractivity contribution is 0.0919. The van der Waals surface area contributed by atoms with Crippen LogP contribution in [0.1, 0.15) is 35.8 Å². The molecule has 3 heterocycles. The standard InChI is InChI=1S/C15H21N5O.2ClH/c1-9-12-7-11(8-17-14(12)20(3)19-9)15(21)18-13-5-4-6-16-10(13)2;;/h7-8,10,13,16H,4-6H2,1-3H3,(H,18,21);2*1H. The normalized spacial score (nSPS) is 20.5. The fraction of sp³-hybridized carbons (Fsp3) is 0.533. The maximum absolute atomic E-state index is 12.4. The van der Waals surface area contributed by atoms with Gasteiger partial charge in [0.05, 0.1) is 11.3 Å². The van der Waals surface area contributed by atoms with E-state index in [9.17, 15) is 4.79 Å². The Bertz CT molecular complexity index is 688. The monoisotopic (exact) mass is 359 g/mol. The number of rotatable bonds is 2. The van der Waals surface area contributed by atoms with Gasteiger partial charge in [-0.25, -0.2) is 4.98 Å². The summed E-state index contributed by atoms with van der Waals surface area (Å²) in [6.45, 7) is 5.06. The van der Waals surface area contributed by atoms with Gasteiger partial charge in [0.1, 0.15) is 0 Å². The Kier molecular flexibility index (Phi) is 6.80. The van der Waals surface area contributed by atoms with Gasteiger partial charge in [0.2, 0.25) is 0 Å². The number of nitrogens with zero attached hydrogens (tertiary/aromatic N) is 3. The third-order valence-corrected chi connectivity index (χ3v) is 4.20. The van der Waals surface area contributed by atoms with Gasteiger partial charge in [0.25, 0.3) is 5.91 Å². The summed E-state index contributed by atoms with van der Waals surface area (Å²) in [5.74, 6) is -0.0618. The Morgan fingerprint density at radius 1 is 1.43 bits per heavy atom. The molecule has 2 aromatic heterocycles. The number of hydrogen-bond acceptors (Lipinski definition) is 4. The van der Waals surface area contributed by atoms with Gasteiger partial charge in [-0.3, -0.25) is 9.48 Å². The second-order valence-corrected chi connectivity index (χ2v) is 5.77. The van der Waals surface area contributed by atoms with E-state index in [1.165, 1.54) is 0 Å². The van der Waals surface area contributed by atoms with Crippen molar-refractivity contribution in [3.05, 3.63) is 23.5 Å². The van der Waals surface area contributed by atoms with Crippen molar-refractivity contribution < 1.29 is 4.79 Å². The number of carbonyl (C=O) groups is 1. The largest absolute Gasteiger partial charge is 0.348 e. The van der Waals surface area contributed by atoms with E-state index in [1.807, 2.05) is 20.0 Å². The Morgan fingerprint density at radius 2 is 2.17 bits per heavy atom. The van der Waals surface area contributed by atoms with Crippen LogP contribution in [0.5, 0.6) is 0 Å². The van der Waals surface area contributed by atoms with Crippen molar-refractivity contribution >= 4 is 41.8 Å². The average molecular weight is 360 g/mol. The first kappa shape index (κ1) is 19.7. The van der Waals surface area contributed by atoms with Crippen molar-refractivity contribution in [2.24, 2.45) is 7.05 Å². The molecule has 2 atom stereocenters. The zero-order valence-electron chi connectivity index (χ0n) is 13.5. The molecule has 6 nitrogen and oxygen atoms in total. The fourth-order valence-corrected chi connectivity index (χ4v) is 2.92. The molecule has 1 saturated heterocycles. The molecule has 0 radical (unpaired) electrons. The topological polar surface area (TPSA) is 71.8 Å². The van der Waals surface area contributed by atoms with Gasteiger partial charge in [-0.1, -0.05) is 0 Å². The van der Waals surface area contributed by atoms with Crippen LogP contribution >= 0.6 is 24.8 Å². The van der Waals surface area contributed by atoms with Crippen LogP contribution in [0.2, 0.25) is 0 Å². The summed E-state index contributed by atoms with van der Waals surface area (Å²) in [7, 11) is 1.86. The number of fused-ring (bicyclic) bond motifs is 1. The van der Waals surface area contributed by atoms with Crippen molar-refractivity contribution in [2.45, 2.75) is 38.8 Å². The molecule has 1 aliphatic rings. The highest BCUT2D eigenvalue weighted by Crippen LogP contribution is 2.17. The molecule has 0 saturated carbocycles. The molecule has 2 aromatic rings. The van der Waals surface area contributed by atoms with E-state index in [0.717, 1.165) is 36.1 Å². The molecule has 2 unspecified atom stereocenters. The highest BCUT2D eigenvalue weighted by Gasteiger charge is 2.23. The molecule has 1 amide bonds. The summed E-state index contributed by atoms with van der Waals surface area (Å²) in [5, 5.41) is 11.8. The number of nitrogens with one attached hydrogen (secondary N) is 2. The van der Waals surface area contributed by atoms with E-state index in [2.05, 4.69) is 27.6 Å². The summed E-state index contributed by atoms with van der Waals surface area (Å²) in [6, 6.07) is 2.36. The molecule has 2 N–H and O–H groups in total. The van der Waals surface area contributed by atoms with Crippen LogP contribution < -0.4 is 10.6 Å². The minimum atomic E-state index is -0.0618. The smallest absolute Gasteiger partial charge is 0.253 e. The molecule has 0 aliphatic carbocycles. The van der Waals surface area contributed by atoms with Gasteiger partial charge in [0, 0.05) is 30.7 Å². The van der Waals surface area contributed by atoms with Gasteiger partial charge in [0.15, 0.2) is 5.65 Å². The summed E-state index contributed by atoms with van der Waals surface area (Å²) in [4.78, 5) is 16.8. The van der Waals surface area contributed by atoms with E-state index in [1.54, 1.807) is 10.9 Å². The lowest BCUT2D eigenvalue weighted by atomic mass is 9.99. The number of halogens is 2. The number of aromatic nitrogens is 3. The molecule has 0 aromatic carbocycles. The van der Waals surface area contributed by atoms with Crippen molar-refractivity contribution in [3.63, 3.8) is 0 Å². The van der Waals surface area contributed by atoms with E-state index >= 15 is 0 Å². The van der Waals surface area contributed by atoms with Crippen LogP contribution in [0, 0.1) is 6.92 Å². The minimum absolute atomic E-state index is 0. The van der Waals surface area contributed by atoms with E-state index < -0.39 is 0 Å². The van der Waals surface area contributed by atoms with E-state index in [0.29, 0.717) is 11.6 Å². The fourth-order valence-electron chi connectivity index (χ4n) is 2.92. The van der Waals surface area contributed by atoms with Crippen LogP contribution in [0.15, 0.2) is 12.3 Å². The Morgan fingerprint density at radius 3 is 2.87 bits per heavy atom. The molecule has 0 spiro atoms. The zero-order chi connectivity index (χ0) is 15.0. The minimum Gasteiger partial charge on any atom is -0.348 e. The van der Waals surface area contributed by atoms with Crippen LogP contribution in [0.4, 0.5) is 0 Å². The van der Waals surface area contributed by atoms with Gasteiger partial charge < -0.3 is 10.6 Å². The second-order valence-electron chi connectivity index (χ2n) is 5.77. The first-order valence-corrected chi connectivity index (χ1v) is 7.40. The number of pyridine rings is 1. The number of amides is 1. The highest BCUT2D eigenvalue weighted by molar-refractivity contribution is 5.97. The molecule has 1 aliphatic heterocycles. The molecule has 0 bridgehead atoms. The quantitative estimate of drug-likeness (QED) is 0.859. The number of carbonyl (C=O) groups excluding carboxylic acids is 1. The van der Waals surface area contributed by atoms with Crippen molar-refractivity contribution in [2.75, 3.05) is 6.54 Å². The predicted molar refractivity (Wildman–Crippen MR) is 95.7 cm³/mol. The first-order valence-electron chi connectivity index (χ1n) is 7.40. The van der Waals surface area contributed by atoms with Crippen LogP contribution in [0.25, 0.3) is 11.0 Å². The van der Waals surface area contributed by atoms with Gasteiger partial charge >= 0.3 is 0 Å². The SMILES string of the molecule is Cc1nn(C)c2ncc(C(=O)NC3CCCNC3C)cc12.Cl.Cl. The molecular formula is C15H23Cl2N5O. The highest BCUT2D eigenvalue weighted by atomic mass is 35.5. The van der Waals surface area contributed by atoms with E-state index in [-0.39, 0.29) is 36.8 Å². The number of aryl methyl sites for hydroxylation is 2. The van der Waals surface area contributed by atoms with Gasteiger partial charge in [-0.2, -0.15) is 5.10 Å². The lowest BCUT2D eigenvalue weighted by Crippen LogP contribution is -2.51. The molecular weight excluding hydrogens is 337 g/mol. The summed E-state index contributed by atoms with van der Waals surface area (Å²) >= 11 is 0. The van der Waals surface area contributed by atoms with Crippen LogP contribution in [-0.2, 0) is 7.05 Å². The summed E-state index contributed by atoms with van der Waals surface area (Å²) in [5.41, 5.74) is 2.29. The van der Waals surface area contributed by atoms with Gasteiger partial charge in [-0.15, -0.1) is 24.8 Å². The third-order valence-electron chi connectivity index (χ3n) is 4.20. The lowest BCUT2D eigenvalue weighted by Gasteiger charge is -2.30. The van der Waals surface area contributed by atoms with Crippen molar-refractivity contribution in [3.8, 4) is 0 Å². The Balaban J connectivity index is 0.00000132. The molecule has 23 heavy (non-hydrogen) atoms. The average Bonchev–Trinajstić information content (AvgIpc) is 2.76. The number of hydrogen-bond donors (Lipinski definition) is 2. The van der Waals surface area contributed by atoms with Gasteiger partial charge in [-0.05, 0) is 39.3 Å². The molecule has 128 valence electrons.